The van der Waals surface area contributed by atoms with E-state index < -0.39 is 41.0 Å². The van der Waals surface area contributed by atoms with Gasteiger partial charge in [-0.2, -0.15) is 0 Å². The number of aryl methyl sites for hydroxylation is 1. The van der Waals surface area contributed by atoms with Crippen molar-refractivity contribution in [1.29, 1.82) is 0 Å². The summed E-state index contributed by atoms with van der Waals surface area (Å²) in [5.41, 5.74) is -0.155. The molecular weight excluding hydrogens is 506 g/mol. The summed E-state index contributed by atoms with van der Waals surface area (Å²) in [5.74, 6) is -2.67. The van der Waals surface area contributed by atoms with Crippen molar-refractivity contribution in [3.8, 4) is 0 Å². The summed E-state index contributed by atoms with van der Waals surface area (Å²) in [4.78, 5) is 43.5. The van der Waals surface area contributed by atoms with E-state index in [9.17, 15) is 19.5 Å². The van der Waals surface area contributed by atoms with Crippen LogP contribution in [0.2, 0.25) is 5.02 Å². The number of fused-ring (bicyclic) bond motifs is 1. The number of hydrogen-bond acceptors (Lipinski definition) is 5. The fourth-order valence-electron chi connectivity index (χ4n) is 6.88. The second-order valence-electron chi connectivity index (χ2n) is 10.6. The number of nitrogens with one attached hydrogen (secondary N) is 2. The molecule has 2 aromatic carbocycles. The van der Waals surface area contributed by atoms with Gasteiger partial charge in [0.2, 0.25) is 17.7 Å². The minimum absolute atomic E-state index is 0.294. The van der Waals surface area contributed by atoms with Crippen molar-refractivity contribution in [2.45, 2.75) is 69.7 Å². The van der Waals surface area contributed by atoms with Gasteiger partial charge in [0.25, 0.3) is 0 Å². The van der Waals surface area contributed by atoms with Crippen LogP contribution >= 0.6 is 11.6 Å². The number of aliphatic hydroxyl groups is 1. The summed E-state index contributed by atoms with van der Waals surface area (Å²) in [6, 6.07) is 12.8. The van der Waals surface area contributed by atoms with Gasteiger partial charge >= 0.3 is 0 Å². The number of benzene rings is 2. The Morgan fingerprint density at radius 1 is 1.11 bits per heavy atom. The van der Waals surface area contributed by atoms with E-state index in [-0.39, 0.29) is 18.4 Å². The molecule has 8 nitrogen and oxygen atoms in total. The predicted molar refractivity (Wildman–Crippen MR) is 145 cm³/mol. The van der Waals surface area contributed by atoms with Gasteiger partial charge < -0.3 is 25.4 Å². The van der Waals surface area contributed by atoms with Gasteiger partial charge in [-0.3, -0.25) is 14.4 Å². The van der Waals surface area contributed by atoms with Crippen LogP contribution in [0.4, 0.5) is 11.4 Å². The van der Waals surface area contributed by atoms with Crippen LogP contribution in [0, 0.1) is 18.8 Å². The molecule has 202 valence electrons. The van der Waals surface area contributed by atoms with Gasteiger partial charge in [0.1, 0.15) is 11.6 Å². The van der Waals surface area contributed by atoms with E-state index in [1.165, 1.54) is 4.90 Å². The van der Waals surface area contributed by atoms with Crippen molar-refractivity contribution >= 4 is 40.7 Å². The van der Waals surface area contributed by atoms with Gasteiger partial charge in [0, 0.05) is 5.69 Å². The first-order valence-electron chi connectivity index (χ1n) is 13.3. The van der Waals surface area contributed by atoms with Gasteiger partial charge in [0.15, 0.2) is 0 Å². The second kappa shape index (κ2) is 9.98. The van der Waals surface area contributed by atoms with Gasteiger partial charge in [0.05, 0.1) is 40.8 Å². The number of halogens is 1. The maximum atomic E-state index is 14.2. The highest BCUT2D eigenvalue weighted by molar-refractivity contribution is 6.34. The number of amides is 3. The molecule has 2 bridgehead atoms. The number of rotatable bonds is 8. The zero-order chi connectivity index (χ0) is 27.2. The Labute approximate surface area is 227 Å². The van der Waals surface area contributed by atoms with E-state index in [1.54, 1.807) is 24.3 Å². The molecule has 3 aliphatic heterocycles. The van der Waals surface area contributed by atoms with E-state index in [2.05, 4.69) is 10.6 Å². The average Bonchev–Trinajstić information content (AvgIpc) is 3.51. The van der Waals surface area contributed by atoms with E-state index in [1.807, 2.05) is 45.0 Å². The number of hydrogen-bond donors (Lipinski definition) is 3. The minimum atomic E-state index is -1.19. The summed E-state index contributed by atoms with van der Waals surface area (Å²) in [6.45, 7) is 5.35. The Bertz CT molecular complexity index is 1230. The zero-order valence-electron chi connectivity index (χ0n) is 21.9. The van der Waals surface area contributed by atoms with Crippen molar-refractivity contribution < 1.29 is 24.2 Å². The number of para-hydroxylation sites is 2. The van der Waals surface area contributed by atoms with Crippen LogP contribution in [-0.2, 0) is 19.1 Å². The number of nitrogens with zero attached hydrogens (tertiary/aromatic N) is 1. The molecule has 3 aliphatic rings. The fourth-order valence-corrected chi connectivity index (χ4v) is 7.15. The molecule has 3 saturated heterocycles. The van der Waals surface area contributed by atoms with Crippen molar-refractivity contribution in [2.75, 3.05) is 17.2 Å². The molecule has 38 heavy (non-hydrogen) atoms. The number of carbonyl (C=O) groups excluding carboxylic acids is 3. The van der Waals surface area contributed by atoms with Gasteiger partial charge in [-0.1, -0.05) is 55.8 Å². The Hall–Kier alpha value is -2.94. The maximum absolute atomic E-state index is 14.2. The number of likely N-dealkylation sites (tertiary alicyclic amines) is 1. The first-order chi connectivity index (χ1) is 18.2. The van der Waals surface area contributed by atoms with Crippen LogP contribution in [-0.4, -0.2) is 57.6 Å². The lowest BCUT2D eigenvalue weighted by Gasteiger charge is -2.37. The van der Waals surface area contributed by atoms with Gasteiger partial charge in [-0.25, -0.2) is 0 Å². The Balaban J connectivity index is 1.57. The van der Waals surface area contributed by atoms with E-state index in [0.29, 0.717) is 42.1 Å². The molecule has 0 aromatic heterocycles. The molecule has 3 amide bonds. The van der Waals surface area contributed by atoms with Crippen molar-refractivity contribution in [3.63, 3.8) is 0 Å². The lowest BCUT2D eigenvalue weighted by Crippen LogP contribution is -2.56. The molecule has 3 fully saturated rings. The van der Waals surface area contributed by atoms with Crippen molar-refractivity contribution in [3.05, 3.63) is 59.1 Å². The normalized spacial score (nSPS) is 30.3. The van der Waals surface area contributed by atoms with Crippen molar-refractivity contribution in [1.82, 2.24) is 4.90 Å². The van der Waals surface area contributed by atoms with E-state index >= 15 is 0 Å². The Kier molecular flexibility index (Phi) is 7.00. The minimum Gasteiger partial charge on any atom is -0.394 e. The number of aliphatic hydroxyl groups excluding tert-OH is 1. The van der Waals surface area contributed by atoms with Crippen LogP contribution in [0.5, 0.6) is 0 Å². The first-order valence-corrected chi connectivity index (χ1v) is 13.7. The molecule has 5 rings (SSSR count). The first kappa shape index (κ1) is 26.7. The number of ether oxygens (including phenoxy) is 1. The average molecular weight is 540 g/mol. The summed E-state index contributed by atoms with van der Waals surface area (Å²) >= 11 is 6.42. The molecule has 3 heterocycles. The molecule has 0 radical (unpaired) electrons. The van der Waals surface area contributed by atoms with Crippen LogP contribution in [0.25, 0.3) is 0 Å². The molecule has 9 heteroatoms. The molecule has 0 aliphatic carbocycles. The highest BCUT2D eigenvalue weighted by Gasteiger charge is 2.79. The highest BCUT2D eigenvalue weighted by atomic mass is 35.5. The van der Waals surface area contributed by atoms with E-state index in [4.69, 9.17) is 16.3 Å². The molecule has 6 atom stereocenters. The van der Waals surface area contributed by atoms with Crippen molar-refractivity contribution in [2.24, 2.45) is 11.8 Å². The monoisotopic (exact) mass is 539 g/mol. The SMILES string of the molecule is CC[C@@H](CO)N1C(=O)[C@@H]2[C@@H](C(=O)Nc3ccccc3)[C@@]3(CC)CCC2(O3)C1C(=O)Nc1c(C)cccc1Cl. The molecule has 3 N–H and O–H groups in total. The van der Waals surface area contributed by atoms with Gasteiger partial charge in [-0.15, -0.1) is 0 Å². The summed E-state index contributed by atoms with van der Waals surface area (Å²) in [6.07, 6.45) is 1.99. The molecule has 0 saturated carbocycles. The second-order valence-corrected chi connectivity index (χ2v) is 11.0. The molecule has 2 unspecified atom stereocenters. The lowest BCUT2D eigenvalue weighted by molar-refractivity contribution is -0.148. The summed E-state index contributed by atoms with van der Waals surface area (Å²) in [5, 5.41) is 16.5. The standard InChI is InChI=1S/C29H34ClN3O5/c1-4-19(16-34)33-24(26(36)32-23-17(3)10-9-13-20(23)30)29-15-14-28(5-2,38-29)21(22(29)27(33)37)25(35)31-18-11-7-6-8-12-18/h6-13,19,21-22,24,34H,4-5,14-16H2,1-3H3,(H,31,35)(H,32,36)/t19-,21-,22-,24?,28+,29?/m0/s1. The zero-order valence-corrected chi connectivity index (χ0v) is 22.6. The van der Waals surface area contributed by atoms with Crippen LogP contribution in [0.1, 0.15) is 45.1 Å². The number of carbonyl (C=O) groups is 3. The summed E-state index contributed by atoms with van der Waals surface area (Å²) < 4.78 is 6.77. The predicted octanol–water partition coefficient (Wildman–Crippen LogP) is 4.15. The molecular formula is C29H34ClN3O5. The molecule has 2 aromatic rings. The smallest absolute Gasteiger partial charge is 0.250 e. The van der Waals surface area contributed by atoms with Crippen LogP contribution in [0.15, 0.2) is 48.5 Å². The largest absolute Gasteiger partial charge is 0.394 e. The van der Waals surface area contributed by atoms with E-state index in [0.717, 1.165) is 5.56 Å². The third-order valence-electron chi connectivity index (χ3n) is 8.74. The lowest BCUT2D eigenvalue weighted by atomic mass is 9.65. The molecule has 1 spiro atoms. The third kappa shape index (κ3) is 3.92. The maximum Gasteiger partial charge on any atom is 0.250 e. The van der Waals surface area contributed by atoms with Crippen LogP contribution < -0.4 is 10.6 Å². The summed E-state index contributed by atoms with van der Waals surface area (Å²) in [7, 11) is 0. The number of anilines is 2. The fraction of sp³-hybridized carbons (Fsp3) is 0.483. The third-order valence-corrected chi connectivity index (χ3v) is 9.05. The highest BCUT2D eigenvalue weighted by Crippen LogP contribution is 2.64. The Morgan fingerprint density at radius 2 is 1.84 bits per heavy atom. The van der Waals surface area contributed by atoms with Crippen LogP contribution in [0.3, 0.4) is 0 Å². The topological polar surface area (TPSA) is 108 Å². The Morgan fingerprint density at radius 3 is 2.47 bits per heavy atom. The quantitative estimate of drug-likeness (QED) is 0.467. The van der Waals surface area contributed by atoms with Gasteiger partial charge in [-0.05, 0) is 56.4 Å².